The van der Waals surface area contributed by atoms with E-state index in [1.807, 2.05) is 20.1 Å². The Balaban J connectivity index is 0.00000204. The molecule has 0 amide bonds. The van der Waals surface area contributed by atoms with Crippen molar-refractivity contribution in [3.8, 4) is 11.5 Å². The summed E-state index contributed by atoms with van der Waals surface area (Å²) in [6, 6.07) is 4.37. The number of phenols is 1. The highest BCUT2D eigenvalue weighted by Gasteiger charge is 2.81. The monoisotopic (exact) mass is 449 g/mol. The van der Waals surface area contributed by atoms with Gasteiger partial charge in [0.1, 0.15) is 11.7 Å². The average Bonchev–Trinajstić information content (AvgIpc) is 3.09. The molecule has 0 aromatic heterocycles. The largest absolute Gasteiger partial charge is 0.504 e. The van der Waals surface area contributed by atoms with Crippen molar-refractivity contribution in [3.05, 3.63) is 23.3 Å². The van der Waals surface area contributed by atoms with E-state index in [-0.39, 0.29) is 41.0 Å². The first kappa shape index (κ1) is 21.8. The topological polar surface area (TPSA) is 62.2 Å². The smallest absolute Gasteiger partial charge is 0.165 e. The van der Waals surface area contributed by atoms with E-state index in [1.165, 1.54) is 11.1 Å². The van der Waals surface area contributed by atoms with Crippen LogP contribution < -0.4 is 4.74 Å². The Hall–Kier alpha value is -1.01. The molecular formula is C25H36ClNO4. The van der Waals surface area contributed by atoms with Gasteiger partial charge in [-0.05, 0) is 70.7 Å². The fraction of sp³-hybridized carbons (Fsp3) is 0.760. The van der Waals surface area contributed by atoms with Gasteiger partial charge < -0.3 is 24.6 Å². The maximum atomic E-state index is 11.7. The number of piperidine rings is 1. The van der Waals surface area contributed by atoms with E-state index in [1.54, 1.807) is 0 Å². The first-order chi connectivity index (χ1) is 14.3. The molecular weight excluding hydrogens is 414 g/mol. The predicted octanol–water partition coefficient (Wildman–Crippen LogP) is 3.81. The van der Waals surface area contributed by atoms with Crippen molar-refractivity contribution < 1.29 is 19.7 Å². The summed E-state index contributed by atoms with van der Waals surface area (Å²) in [6.07, 6.45) is 6.57. The van der Waals surface area contributed by atoms with Crippen LogP contribution in [0.2, 0.25) is 0 Å². The summed E-state index contributed by atoms with van der Waals surface area (Å²) in [4.78, 5) is 2.56. The van der Waals surface area contributed by atoms with Gasteiger partial charge in [0.2, 0.25) is 0 Å². The Morgan fingerprint density at radius 1 is 1.29 bits per heavy atom. The lowest BCUT2D eigenvalue weighted by Gasteiger charge is -2.74. The van der Waals surface area contributed by atoms with Crippen LogP contribution in [0.25, 0.3) is 0 Å². The normalized spacial score (nSPS) is 43.6. The van der Waals surface area contributed by atoms with Gasteiger partial charge in [0, 0.05) is 35.5 Å². The second kappa shape index (κ2) is 6.53. The highest BCUT2D eigenvalue weighted by Crippen LogP contribution is 2.77. The van der Waals surface area contributed by atoms with Crippen molar-refractivity contribution in [2.45, 2.75) is 87.6 Å². The molecule has 2 N–H and O–H groups in total. The van der Waals surface area contributed by atoms with Gasteiger partial charge in [-0.2, -0.15) is 0 Å². The molecule has 4 aliphatic carbocycles. The minimum atomic E-state index is -0.798. The molecule has 0 unspecified atom stereocenters. The van der Waals surface area contributed by atoms with Crippen LogP contribution >= 0.6 is 12.4 Å². The van der Waals surface area contributed by atoms with E-state index in [2.05, 4.69) is 24.9 Å². The van der Waals surface area contributed by atoms with Gasteiger partial charge in [-0.25, -0.2) is 0 Å². The van der Waals surface area contributed by atoms with Crippen LogP contribution in [-0.2, 0) is 16.6 Å². The van der Waals surface area contributed by atoms with Crippen LogP contribution in [0.1, 0.15) is 63.5 Å². The minimum Gasteiger partial charge on any atom is -0.504 e. The lowest BCUT2D eigenvalue weighted by Crippen LogP contribution is -2.82. The third-order valence-electron chi connectivity index (χ3n) is 10.1. The van der Waals surface area contributed by atoms with Crippen molar-refractivity contribution in [1.82, 2.24) is 4.90 Å². The van der Waals surface area contributed by atoms with Gasteiger partial charge in [0.05, 0.1) is 5.60 Å². The first-order valence-corrected chi connectivity index (χ1v) is 11.8. The summed E-state index contributed by atoms with van der Waals surface area (Å²) in [5.74, 6) is 0.977. The molecule has 0 radical (unpaired) electrons. The second-order valence-electron chi connectivity index (χ2n) is 11.0. The number of likely N-dealkylation sites (N-methyl/N-ethyl adjacent to an activating group) is 1. The number of nitrogens with zero attached hydrogens (tertiary/aromatic N) is 1. The highest BCUT2D eigenvalue weighted by molar-refractivity contribution is 5.85. The van der Waals surface area contributed by atoms with Crippen LogP contribution in [0.4, 0.5) is 0 Å². The maximum Gasteiger partial charge on any atom is 0.165 e. The Labute approximate surface area is 191 Å². The second-order valence-corrected chi connectivity index (χ2v) is 11.0. The number of halogens is 1. The lowest BCUT2D eigenvalue weighted by molar-refractivity contribution is -0.301. The summed E-state index contributed by atoms with van der Waals surface area (Å²) < 4.78 is 13.2. The summed E-state index contributed by atoms with van der Waals surface area (Å²) in [7, 11) is 4.09. The molecule has 31 heavy (non-hydrogen) atoms. The van der Waals surface area contributed by atoms with Crippen LogP contribution in [0.5, 0.6) is 11.5 Å². The van der Waals surface area contributed by atoms with Gasteiger partial charge >= 0.3 is 0 Å². The minimum absolute atomic E-state index is 0. The third-order valence-corrected chi connectivity index (χ3v) is 10.1. The third kappa shape index (κ3) is 2.20. The molecule has 1 aromatic rings. The average molecular weight is 450 g/mol. The van der Waals surface area contributed by atoms with Gasteiger partial charge in [-0.15, -0.1) is 12.4 Å². The molecule has 1 aromatic carbocycles. The quantitative estimate of drug-likeness (QED) is 0.731. The number of likely N-dealkylation sites (tertiary alicyclic amines) is 1. The Bertz CT molecular complexity index is 921. The molecule has 1 saturated heterocycles. The molecule has 2 spiro atoms. The molecule has 7 rings (SSSR count). The summed E-state index contributed by atoms with van der Waals surface area (Å²) in [6.45, 7) is 5.19. The Morgan fingerprint density at radius 2 is 2.06 bits per heavy atom. The highest BCUT2D eigenvalue weighted by atomic mass is 35.5. The molecule has 7 atom stereocenters. The zero-order valence-electron chi connectivity index (χ0n) is 19.1. The maximum absolute atomic E-state index is 11.7. The van der Waals surface area contributed by atoms with Gasteiger partial charge in [-0.1, -0.05) is 19.4 Å². The van der Waals surface area contributed by atoms with E-state index < -0.39 is 11.2 Å². The molecule has 2 heterocycles. The first-order valence-electron chi connectivity index (χ1n) is 11.8. The lowest BCUT2D eigenvalue weighted by atomic mass is 9.33. The molecule has 4 bridgehead atoms. The standard InChI is InChI=1S/C25H35NO4.ClH/c1-5-8-22(2,28)17-14-23-9-10-25(17,29-4)21-24(23)11-12-26(3)18(23)13-15-6-7-16(27)20(30-21)19(15)24;/h6-7,17-18,21,27-28H,5,8-14H2,1-4H3;1H/t17-,18-,21-,22-,23-,24+,25-;/m1./s1. The number of aromatic hydroxyl groups is 1. The fourth-order valence-electron chi connectivity index (χ4n) is 9.09. The van der Waals surface area contributed by atoms with Crippen LogP contribution in [0, 0.1) is 11.3 Å². The molecule has 5 nitrogen and oxygen atoms in total. The molecule has 6 heteroatoms. The fourth-order valence-corrected chi connectivity index (χ4v) is 9.09. The van der Waals surface area contributed by atoms with Crippen molar-refractivity contribution in [2.24, 2.45) is 11.3 Å². The van der Waals surface area contributed by atoms with Crippen molar-refractivity contribution >= 4 is 12.4 Å². The number of rotatable bonds is 4. The predicted molar refractivity (Wildman–Crippen MR) is 121 cm³/mol. The van der Waals surface area contributed by atoms with Gasteiger partial charge in [-0.3, -0.25) is 0 Å². The number of hydrogen-bond donors (Lipinski definition) is 2. The molecule has 172 valence electrons. The van der Waals surface area contributed by atoms with Crippen LogP contribution in [-0.4, -0.2) is 59.2 Å². The van der Waals surface area contributed by atoms with E-state index >= 15 is 0 Å². The number of ether oxygens (including phenoxy) is 2. The van der Waals surface area contributed by atoms with E-state index in [4.69, 9.17) is 9.47 Å². The summed E-state index contributed by atoms with van der Waals surface area (Å²) in [5, 5.41) is 22.5. The number of phenolic OH excluding ortho intramolecular Hbond substituents is 1. The molecule has 2 aliphatic heterocycles. The van der Waals surface area contributed by atoms with Crippen molar-refractivity contribution in [1.29, 1.82) is 0 Å². The van der Waals surface area contributed by atoms with Crippen LogP contribution in [0.3, 0.4) is 0 Å². The summed E-state index contributed by atoms with van der Waals surface area (Å²) in [5.41, 5.74) is 1.21. The number of hydrogen-bond acceptors (Lipinski definition) is 5. The van der Waals surface area contributed by atoms with Gasteiger partial charge in [0.25, 0.3) is 0 Å². The van der Waals surface area contributed by atoms with E-state index in [0.29, 0.717) is 11.8 Å². The van der Waals surface area contributed by atoms with Crippen LogP contribution in [0.15, 0.2) is 12.1 Å². The zero-order valence-corrected chi connectivity index (χ0v) is 19.9. The number of aliphatic hydroxyl groups is 1. The van der Waals surface area contributed by atoms with Crippen molar-refractivity contribution in [3.63, 3.8) is 0 Å². The Kier molecular flexibility index (Phi) is 4.59. The molecule has 6 aliphatic rings. The van der Waals surface area contributed by atoms with Gasteiger partial charge in [0.15, 0.2) is 11.5 Å². The number of benzene rings is 1. The summed E-state index contributed by atoms with van der Waals surface area (Å²) >= 11 is 0. The molecule has 3 saturated carbocycles. The molecule has 4 fully saturated rings. The Morgan fingerprint density at radius 3 is 2.77 bits per heavy atom. The van der Waals surface area contributed by atoms with Crippen molar-refractivity contribution in [2.75, 3.05) is 20.7 Å². The van der Waals surface area contributed by atoms with E-state index in [0.717, 1.165) is 51.5 Å². The SMILES string of the molecule is CCC[C@@](C)(O)[C@H]1C[C@@]23CC[C@]1(OC)[C@@H]1Oc4c(O)ccc5c4[C@@]12CCN(C)[C@@H]3C5.Cl. The zero-order chi connectivity index (χ0) is 21.1. The van der Waals surface area contributed by atoms with E-state index in [9.17, 15) is 10.2 Å². The number of methoxy groups -OCH3 is 1. The number of fused-ring (bicyclic) bond motifs is 2.